The van der Waals surface area contributed by atoms with E-state index in [-0.39, 0.29) is 11.3 Å². The molecule has 1 amide bonds. The third-order valence-electron chi connectivity index (χ3n) is 5.37. The molecular weight excluding hydrogens is 382 g/mol. The Hall–Kier alpha value is -3.28. The largest absolute Gasteiger partial charge is 0.507 e. The molecular formula is C24H27NO5. The fourth-order valence-electron chi connectivity index (χ4n) is 3.78. The second kappa shape index (κ2) is 9.03. The predicted molar refractivity (Wildman–Crippen MR) is 115 cm³/mol. The van der Waals surface area contributed by atoms with Crippen LogP contribution in [0.2, 0.25) is 0 Å². The van der Waals surface area contributed by atoms with E-state index in [4.69, 9.17) is 9.47 Å². The zero-order valence-corrected chi connectivity index (χ0v) is 17.8. The van der Waals surface area contributed by atoms with Gasteiger partial charge in [-0.15, -0.1) is 0 Å². The number of ketones is 1. The van der Waals surface area contributed by atoms with Crippen LogP contribution in [-0.4, -0.2) is 42.5 Å². The fraction of sp³-hybridized carbons (Fsp3) is 0.333. The summed E-state index contributed by atoms with van der Waals surface area (Å²) in [6.45, 7) is 4.31. The Labute approximate surface area is 176 Å². The number of benzene rings is 2. The molecule has 1 saturated heterocycles. The van der Waals surface area contributed by atoms with Crippen LogP contribution < -0.4 is 9.47 Å². The molecule has 1 heterocycles. The van der Waals surface area contributed by atoms with Crippen LogP contribution in [-0.2, 0) is 9.59 Å². The summed E-state index contributed by atoms with van der Waals surface area (Å²) in [5.74, 6) is -0.160. The number of rotatable bonds is 7. The number of hydrogen-bond donors (Lipinski definition) is 1. The monoisotopic (exact) mass is 409 g/mol. The smallest absolute Gasteiger partial charge is 0.295 e. The summed E-state index contributed by atoms with van der Waals surface area (Å²) in [5, 5.41) is 11.1. The van der Waals surface area contributed by atoms with E-state index in [9.17, 15) is 14.7 Å². The zero-order valence-electron chi connectivity index (χ0n) is 17.8. The summed E-state index contributed by atoms with van der Waals surface area (Å²) >= 11 is 0. The molecule has 6 heteroatoms. The highest BCUT2D eigenvalue weighted by Crippen LogP contribution is 2.40. The number of hydrogen-bond acceptors (Lipinski definition) is 5. The van der Waals surface area contributed by atoms with Crippen LogP contribution in [0.15, 0.2) is 48.0 Å². The van der Waals surface area contributed by atoms with Gasteiger partial charge in [0.1, 0.15) is 17.3 Å². The molecule has 0 radical (unpaired) electrons. The third-order valence-corrected chi connectivity index (χ3v) is 5.37. The number of Topliss-reactive ketones (excluding diaryl/α,β-unsaturated/α-hetero) is 1. The quantitative estimate of drug-likeness (QED) is 0.421. The molecule has 2 aromatic rings. The molecule has 1 aliphatic heterocycles. The Kier molecular flexibility index (Phi) is 6.45. The van der Waals surface area contributed by atoms with Gasteiger partial charge in [-0.1, -0.05) is 25.5 Å². The van der Waals surface area contributed by atoms with Gasteiger partial charge in [-0.25, -0.2) is 0 Å². The van der Waals surface area contributed by atoms with Crippen molar-refractivity contribution in [1.29, 1.82) is 0 Å². The molecule has 1 atom stereocenters. The molecule has 1 N–H and O–H groups in total. The lowest BCUT2D eigenvalue weighted by Crippen LogP contribution is -2.30. The number of carbonyl (C=O) groups excluding carboxylic acids is 2. The fourth-order valence-corrected chi connectivity index (χ4v) is 3.78. The van der Waals surface area contributed by atoms with Crippen molar-refractivity contribution >= 4 is 17.4 Å². The molecule has 0 bridgehead atoms. The maximum atomic E-state index is 13.0. The SMILES string of the molecule is CCCCN1C(=O)C(=O)/C(=C(\O)c2ccc(OC)c(C)c2)C1c1cccc(OC)c1. The molecule has 1 fully saturated rings. The zero-order chi connectivity index (χ0) is 21.8. The van der Waals surface area contributed by atoms with Crippen molar-refractivity contribution < 1.29 is 24.2 Å². The van der Waals surface area contributed by atoms with Gasteiger partial charge in [0.2, 0.25) is 0 Å². The van der Waals surface area contributed by atoms with E-state index in [1.54, 1.807) is 49.5 Å². The average molecular weight is 409 g/mol. The molecule has 0 aliphatic carbocycles. The second-order valence-corrected chi connectivity index (χ2v) is 7.31. The number of amides is 1. The maximum Gasteiger partial charge on any atom is 0.295 e. The number of unbranched alkanes of at least 4 members (excludes halogenated alkanes) is 1. The Morgan fingerprint density at radius 2 is 1.87 bits per heavy atom. The molecule has 0 aromatic heterocycles. The maximum absolute atomic E-state index is 13.0. The highest BCUT2D eigenvalue weighted by atomic mass is 16.5. The summed E-state index contributed by atoms with van der Waals surface area (Å²) in [7, 11) is 3.14. The van der Waals surface area contributed by atoms with Crippen LogP contribution in [0, 0.1) is 6.92 Å². The first-order valence-electron chi connectivity index (χ1n) is 10.00. The van der Waals surface area contributed by atoms with Crippen LogP contribution in [0.25, 0.3) is 5.76 Å². The van der Waals surface area contributed by atoms with Gasteiger partial charge >= 0.3 is 0 Å². The number of aliphatic hydroxyl groups excluding tert-OH is 1. The van der Waals surface area contributed by atoms with Crippen molar-refractivity contribution in [1.82, 2.24) is 4.90 Å². The van der Waals surface area contributed by atoms with E-state index >= 15 is 0 Å². The van der Waals surface area contributed by atoms with Crippen molar-refractivity contribution in [2.45, 2.75) is 32.7 Å². The molecule has 0 saturated carbocycles. The van der Waals surface area contributed by atoms with Crippen molar-refractivity contribution in [3.8, 4) is 11.5 Å². The number of aryl methyl sites for hydroxylation is 1. The van der Waals surface area contributed by atoms with Crippen LogP contribution >= 0.6 is 0 Å². The first-order chi connectivity index (χ1) is 14.4. The van der Waals surface area contributed by atoms with Gasteiger partial charge in [0.05, 0.1) is 25.8 Å². The Bertz CT molecular complexity index is 995. The standard InChI is InChI=1S/C24H27NO5/c1-5-6-12-25-21(16-8-7-9-18(14-16)29-3)20(23(27)24(25)28)22(26)17-10-11-19(30-4)15(2)13-17/h7-11,13-14,21,26H,5-6,12H2,1-4H3/b22-20-. The van der Waals surface area contributed by atoms with E-state index < -0.39 is 17.7 Å². The van der Waals surface area contributed by atoms with Crippen LogP contribution in [0.5, 0.6) is 11.5 Å². The number of likely N-dealkylation sites (tertiary alicyclic amines) is 1. The minimum absolute atomic E-state index is 0.0916. The first-order valence-corrected chi connectivity index (χ1v) is 10.00. The molecule has 6 nitrogen and oxygen atoms in total. The number of ether oxygens (including phenoxy) is 2. The lowest BCUT2D eigenvalue weighted by Gasteiger charge is -2.25. The summed E-state index contributed by atoms with van der Waals surface area (Å²) in [5.41, 5.74) is 2.10. The number of nitrogens with zero attached hydrogens (tertiary/aromatic N) is 1. The van der Waals surface area contributed by atoms with E-state index in [1.165, 1.54) is 0 Å². The molecule has 30 heavy (non-hydrogen) atoms. The van der Waals surface area contributed by atoms with Gasteiger partial charge in [-0.3, -0.25) is 9.59 Å². The molecule has 2 aromatic carbocycles. The highest BCUT2D eigenvalue weighted by molar-refractivity contribution is 6.46. The predicted octanol–water partition coefficient (Wildman–Crippen LogP) is 4.23. The highest BCUT2D eigenvalue weighted by Gasteiger charge is 2.45. The second-order valence-electron chi connectivity index (χ2n) is 7.31. The molecule has 0 spiro atoms. The van der Waals surface area contributed by atoms with Gasteiger partial charge < -0.3 is 19.5 Å². The molecule has 1 unspecified atom stereocenters. The number of aliphatic hydroxyl groups is 1. The lowest BCUT2D eigenvalue weighted by atomic mass is 9.94. The van der Waals surface area contributed by atoms with Crippen LogP contribution in [0.3, 0.4) is 0 Å². The third kappa shape index (κ3) is 3.90. The number of carbonyl (C=O) groups is 2. The number of methoxy groups -OCH3 is 2. The van der Waals surface area contributed by atoms with Crippen molar-refractivity contribution in [2.24, 2.45) is 0 Å². The summed E-state index contributed by atoms with van der Waals surface area (Å²) in [6, 6.07) is 11.7. The van der Waals surface area contributed by atoms with Gasteiger partial charge in [0.25, 0.3) is 11.7 Å². The minimum atomic E-state index is -0.676. The van der Waals surface area contributed by atoms with Gasteiger partial charge in [-0.05, 0) is 54.8 Å². The lowest BCUT2D eigenvalue weighted by molar-refractivity contribution is -0.139. The van der Waals surface area contributed by atoms with E-state index in [0.29, 0.717) is 23.6 Å². The van der Waals surface area contributed by atoms with Crippen molar-refractivity contribution in [3.63, 3.8) is 0 Å². The van der Waals surface area contributed by atoms with Gasteiger partial charge in [0, 0.05) is 12.1 Å². The minimum Gasteiger partial charge on any atom is -0.507 e. The Morgan fingerprint density at radius 1 is 1.10 bits per heavy atom. The average Bonchev–Trinajstić information content (AvgIpc) is 3.01. The summed E-state index contributed by atoms with van der Waals surface area (Å²) in [4.78, 5) is 27.4. The topological polar surface area (TPSA) is 76.1 Å². The first kappa shape index (κ1) is 21.4. The van der Waals surface area contributed by atoms with Gasteiger partial charge in [-0.2, -0.15) is 0 Å². The Balaban J connectivity index is 2.17. The molecule has 3 rings (SSSR count). The Morgan fingerprint density at radius 3 is 2.50 bits per heavy atom. The molecule has 1 aliphatic rings. The van der Waals surface area contributed by atoms with E-state index in [1.807, 2.05) is 26.0 Å². The van der Waals surface area contributed by atoms with E-state index in [2.05, 4.69) is 0 Å². The summed E-state index contributed by atoms with van der Waals surface area (Å²) < 4.78 is 10.6. The summed E-state index contributed by atoms with van der Waals surface area (Å²) in [6.07, 6.45) is 1.64. The van der Waals surface area contributed by atoms with E-state index in [0.717, 1.165) is 24.0 Å². The van der Waals surface area contributed by atoms with Gasteiger partial charge in [0.15, 0.2) is 0 Å². The molecule has 158 valence electrons. The normalized spacial score (nSPS) is 18.0. The van der Waals surface area contributed by atoms with Crippen molar-refractivity contribution in [3.05, 3.63) is 64.7 Å². The van der Waals surface area contributed by atoms with Crippen LogP contribution in [0.4, 0.5) is 0 Å². The van der Waals surface area contributed by atoms with Crippen LogP contribution in [0.1, 0.15) is 42.5 Å². The van der Waals surface area contributed by atoms with Crippen molar-refractivity contribution in [2.75, 3.05) is 20.8 Å².